The maximum Gasteiger partial charge on any atom is 0.272 e. The third-order valence-electron chi connectivity index (χ3n) is 9.60. The van der Waals surface area contributed by atoms with E-state index in [1.807, 2.05) is 12.1 Å². The average molecular weight is 911 g/mol. The summed E-state index contributed by atoms with van der Waals surface area (Å²) < 4.78 is 62.7. The zero-order valence-corrected chi connectivity index (χ0v) is 35.0. The second-order valence-electron chi connectivity index (χ2n) is 13.6. The lowest BCUT2D eigenvalue weighted by Gasteiger charge is -2.32. The van der Waals surface area contributed by atoms with Gasteiger partial charge in [0.25, 0.3) is 10.0 Å². The number of nitrogens with zero attached hydrogens (tertiary/aromatic N) is 3. The summed E-state index contributed by atoms with van der Waals surface area (Å²) in [4.78, 5) is 4.49. The van der Waals surface area contributed by atoms with Crippen molar-refractivity contribution in [1.82, 2.24) is 9.80 Å². The number of nitrogens with two attached hydrogens (primary N) is 1. The largest absolute Gasteiger partial charge is 0.487 e. The Morgan fingerprint density at radius 2 is 1.32 bits per heavy atom. The van der Waals surface area contributed by atoms with Gasteiger partial charge in [-0.25, -0.2) is 26.3 Å². The molecule has 0 spiro atoms. The fourth-order valence-electron chi connectivity index (χ4n) is 6.52. The van der Waals surface area contributed by atoms with Gasteiger partial charge in [0.2, 0.25) is 10.0 Å². The van der Waals surface area contributed by atoms with Crippen LogP contribution in [0, 0.1) is 0 Å². The van der Waals surface area contributed by atoms with Crippen LogP contribution >= 0.6 is 43.5 Å². The molecule has 0 aromatic heterocycles. The van der Waals surface area contributed by atoms with Crippen LogP contribution in [0.3, 0.4) is 0 Å². The van der Waals surface area contributed by atoms with E-state index in [4.69, 9.17) is 21.5 Å². The minimum absolute atomic E-state index is 0.0294. The Bertz CT molecular complexity index is 2070. The summed E-state index contributed by atoms with van der Waals surface area (Å²) in [6.45, 7) is 3.80. The highest BCUT2D eigenvalue weighted by Crippen LogP contribution is 2.42. The number of sulfonamides is 2. The van der Waals surface area contributed by atoms with Crippen LogP contribution < -0.4 is 24.8 Å². The fraction of sp³-hybridized carbons (Fsp3) is 0.351. The number of hydrogen-bond acceptors (Lipinski definition) is 9. The number of ether oxygens (including phenoxy) is 1. The molecule has 4 aromatic rings. The van der Waals surface area contributed by atoms with E-state index in [1.54, 1.807) is 48.5 Å². The van der Waals surface area contributed by atoms with Crippen LogP contribution in [0.1, 0.15) is 31.2 Å². The van der Waals surface area contributed by atoms with E-state index in [0.29, 0.717) is 32.1 Å². The van der Waals surface area contributed by atoms with Gasteiger partial charge in [0.1, 0.15) is 17.3 Å². The molecule has 2 saturated heterocycles. The summed E-state index contributed by atoms with van der Waals surface area (Å²) >= 11 is 13.9. The Kier molecular flexibility index (Phi) is 12.7. The molecule has 0 bridgehead atoms. The predicted molar refractivity (Wildman–Crippen MR) is 219 cm³/mol. The molecule has 2 heterocycles. The van der Waals surface area contributed by atoms with Crippen molar-refractivity contribution in [1.29, 1.82) is 0 Å². The van der Waals surface area contributed by atoms with Gasteiger partial charge in [0, 0.05) is 21.0 Å². The van der Waals surface area contributed by atoms with Crippen molar-refractivity contribution >= 4 is 86.3 Å². The highest BCUT2D eigenvalue weighted by Gasteiger charge is 2.32. The molecule has 0 radical (unpaired) electrons. The zero-order chi connectivity index (χ0) is 37.9. The Hall–Kier alpha value is -2.89. The van der Waals surface area contributed by atoms with Gasteiger partial charge < -0.3 is 25.2 Å². The molecular formula is C37H43Br2ClN6O5S2. The van der Waals surface area contributed by atoms with E-state index in [1.165, 1.54) is 22.5 Å². The molecule has 0 amide bonds. The number of likely N-dealkylation sites (tertiary alicyclic amines) is 2. The summed E-state index contributed by atoms with van der Waals surface area (Å²) in [5, 5.41) is 13.0. The van der Waals surface area contributed by atoms with Crippen LogP contribution in [0.25, 0.3) is 0 Å². The number of benzene rings is 4. The van der Waals surface area contributed by atoms with Crippen LogP contribution in [0.5, 0.6) is 5.75 Å². The quantitative estimate of drug-likeness (QED) is 0.131. The van der Waals surface area contributed by atoms with E-state index < -0.39 is 20.0 Å². The molecule has 11 nitrogen and oxygen atoms in total. The van der Waals surface area contributed by atoms with E-state index in [2.05, 4.69) is 66.4 Å². The lowest BCUT2D eigenvalue weighted by Crippen LogP contribution is -2.37. The first-order valence-corrected chi connectivity index (χ1v) is 22.2. The van der Waals surface area contributed by atoms with Crippen molar-refractivity contribution < 1.29 is 21.6 Å². The van der Waals surface area contributed by atoms with Gasteiger partial charge in [-0.15, -0.1) is 0 Å². The molecule has 2 aliphatic heterocycles. The minimum Gasteiger partial charge on any atom is -0.487 e. The van der Waals surface area contributed by atoms with Gasteiger partial charge in [0.05, 0.1) is 32.7 Å². The van der Waals surface area contributed by atoms with Crippen molar-refractivity contribution in [3.05, 3.63) is 98.4 Å². The van der Waals surface area contributed by atoms with E-state index in [9.17, 15) is 8.42 Å². The average Bonchev–Trinajstić information content (AvgIpc) is 3.11. The summed E-state index contributed by atoms with van der Waals surface area (Å²) in [6.07, 6.45) is 3.79. The topological polar surface area (TPSA) is 137 Å². The predicted octanol–water partition coefficient (Wildman–Crippen LogP) is 7.63. The minimum atomic E-state index is -4.36. The van der Waals surface area contributed by atoms with E-state index >= 15 is 8.42 Å². The molecule has 2 fully saturated rings. The first-order valence-electron chi connectivity index (χ1n) is 17.3. The van der Waals surface area contributed by atoms with Crippen LogP contribution in [0.15, 0.2) is 97.6 Å². The third-order valence-corrected chi connectivity index (χ3v) is 13.8. The number of hydrogen-bond donors (Lipinski definition) is 3. The Balaban J connectivity index is 1.40. The summed E-state index contributed by atoms with van der Waals surface area (Å²) in [6, 6.07) is 21.8. The standard InChI is InChI=1S/C37H43Br2ClN6O5S2/c1-44-17-13-27(14-18-44)42-34-22-29(6-10-32(34)39)46(30-7-11-33(40)35(23-30)43-28-15-19-45(2)20-16-28)53(49,50)37-12-5-26(38)21-36(37)51-24-25-3-8-31(9-4-25)52(41,47)48/h3-12,21-23,27-28,42-43H,13-20,24H2,1-2H3,(H2,41,47,48). The smallest absolute Gasteiger partial charge is 0.272 e. The number of anilines is 4. The Morgan fingerprint density at radius 1 is 0.774 bits per heavy atom. The van der Waals surface area contributed by atoms with Gasteiger partial charge in [-0.2, -0.15) is 0 Å². The SMILES string of the molecule is CN1CCC(Nc2cc(N(c3ccc(Br)c(NC4CCN(C)CC4)c3)S(=O)(=O)c3ccc(Br)cc3OCc3ccc(S(N)(=O)=O)cc3)ccc2Cl)CC1. The summed E-state index contributed by atoms with van der Waals surface area (Å²) in [5.74, 6) is 0.111. The van der Waals surface area contributed by atoms with Crippen LogP contribution in [0.2, 0.25) is 5.02 Å². The molecule has 2 aliphatic rings. The van der Waals surface area contributed by atoms with E-state index in [-0.39, 0.29) is 34.2 Å². The highest BCUT2D eigenvalue weighted by atomic mass is 79.9. The third kappa shape index (κ3) is 9.87. The molecular weight excluding hydrogens is 868 g/mol. The Labute approximate surface area is 334 Å². The molecule has 0 saturated carbocycles. The van der Waals surface area contributed by atoms with Crippen LogP contribution in [0.4, 0.5) is 22.7 Å². The molecule has 6 rings (SSSR count). The molecule has 0 aliphatic carbocycles. The first kappa shape index (κ1) is 39.8. The Morgan fingerprint density at radius 3 is 1.91 bits per heavy atom. The monoisotopic (exact) mass is 908 g/mol. The van der Waals surface area contributed by atoms with Gasteiger partial charge >= 0.3 is 0 Å². The van der Waals surface area contributed by atoms with Crippen molar-refractivity contribution in [2.24, 2.45) is 5.14 Å². The molecule has 16 heteroatoms. The zero-order valence-electron chi connectivity index (χ0n) is 29.4. The normalized spacial score (nSPS) is 16.7. The van der Waals surface area contributed by atoms with Crippen molar-refractivity contribution in [3.63, 3.8) is 0 Å². The first-order chi connectivity index (χ1) is 25.2. The van der Waals surface area contributed by atoms with Gasteiger partial charge in [-0.05, 0) is 154 Å². The molecule has 53 heavy (non-hydrogen) atoms. The fourth-order valence-corrected chi connectivity index (χ4v) is 9.49. The molecule has 0 unspecified atom stereocenters. The number of rotatable bonds is 12. The van der Waals surface area contributed by atoms with Crippen molar-refractivity contribution in [3.8, 4) is 5.75 Å². The van der Waals surface area contributed by atoms with E-state index in [0.717, 1.165) is 62.0 Å². The maximum atomic E-state index is 15.1. The van der Waals surface area contributed by atoms with Crippen LogP contribution in [-0.4, -0.2) is 79.0 Å². The van der Waals surface area contributed by atoms with Crippen molar-refractivity contribution in [2.45, 2.75) is 54.2 Å². The second-order valence-corrected chi connectivity index (χ2v) is 19.1. The molecule has 4 aromatic carbocycles. The second kappa shape index (κ2) is 16.9. The van der Waals surface area contributed by atoms with Gasteiger partial charge in [0.15, 0.2) is 0 Å². The maximum absolute atomic E-state index is 15.1. The van der Waals surface area contributed by atoms with Gasteiger partial charge in [-0.1, -0.05) is 39.7 Å². The number of halogens is 3. The molecule has 4 N–H and O–H groups in total. The van der Waals surface area contributed by atoms with Crippen molar-refractivity contribution in [2.75, 3.05) is 55.2 Å². The summed E-state index contributed by atoms with van der Waals surface area (Å²) in [7, 11) is -4.02. The number of primary sulfonamides is 1. The molecule has 0 atom stereocenters. The number of nitrogens with one attached hydrogen (secondary N) is 2. The lowest BCUT2D eigenvalue weighted by molar-refractivity contribution is 0.264. The lowest BCUT2D eigenvalue weighted by atomic mass is 10.0. The molecule has 284 valence electrons. The van der Waals surface area contributed by atoms with Gasteiger partial charge in [-0.3, -0.25) is 0 Å². The summed E-state index contributed by atoms with van der Waals surface area (Å²) in [5.41, 5.74) is 2.87. The van der Waals surface area contributed by atoms with Crippen LogP contribution in [-0.2, 0) is 26.7 Å². The highest BCUT2D eigenvalue weighted by molar-refractivity contribution is 9.10. The number of piperidine rings is 2.